The third-order valence-corrected chi connectivity index (χ3v) is 3.61. The Bertz CT molecular complexity index is 510. The minimum atomic E-state index is 0.415. The molecule has 2 heterocycles. The average Bonchev–Trinajstić information content (AvgIpc) is 2.77. The van der Waals surface area contributed by atoms with Gasteiger partial charge in [-0.25, -0.2) is 4.98 Å². The number of hydrogen-bond donors (Lipinski definition) is 1. The molecule has 0 aliphatic heterocycles. The maximum Gasteiger partial charge on any atom is 0.254 e. The molecule has 0 bridgehead atoms. The largest absolute Gasteiger partial charge is 0.367 e. The number of hydrogen-bond acceptors (Lipinski definition) is 5. The Hall–Kier alpha value is -1.30. The zero-order valence-electron chi connectivity index (χ0n) is 11.1. The lowest BCUT2D eigenvalue weighted by Gasteiger charge is -2.15. The Kier molecular flexibility index (Phi) is 4.41. The highest BCUT2D eigenvalue weighted by Crippen LogP contribution is 2.13. The number of aryl methyl sites for hydroxylation is 1. The highest BCUT2D eigenvalue weighted by atomic mass is 32.2. The van der Waals surface area contributed by atoms with Gasteiger partial charge < -0.3 is 5.32 Å². The van der Waals surface area contributed by atoms with Crippen molar-refractivity contribution in [3.05, 3.63) is 18.1 Å². The van der Waals surface area contributed by atoms with Crippen molar-refractivity contribution in [2.75, 3.05) is 16.8 Å². The lowest BCUT2D eigenvalue weighted by Crippen LogP contribution is -2.18. The molecule has 0 saturated carbocycles. The van der Waals surface area contributed by atoms with Gasteiger partial charge in [0, 0.05) is 17.8 Å². The van der Waals surface area contributed by atoms with Crippen LogP contribution >= 0.6 is 11.8 Å². The molecule has 2 rings (SSSR count). The summed E-state index contributed by atoms with van der Waals surface area (Å²) in [5.41, 5.74) is 0.952. The fourth-order valence-corrected chi connectivity index (χ4v) is 2.57. The lowest BCUT2D eigenvalue weighted by atomic mass is 10.2. The molecule has 0 aliphatic rings. The first-order valence-electron chi connectivity index (χ1n) is 6.22. The molecule has 6 heteroatoms. The van der Waals surface area contributed by atoms with Gasteiger partial charge in [-0.2, -0.15) is 26.4 Å². The molecule has 0 spiro atoms. The van der Waals surface area contributed by atoms with Gasteiger partial charge in [0.05, 0.1) is 0 Å². The van der Waals surface area contributed by atoms with Crippen LogP contribution in [-0.2, 0) is 0 Å². The van der Waals surface area contributed by atoms with Gasteiger partial charge in [0.25, 0.3) is 5.78 Å². The summed E-state index contributed by atoms with van der Waals surface area (Å²) in [6.45, 7) is 6.35. The summed E-state index contributed by atoms with van der Waals surface area (Å²) < 4.78 is 1.75. The summed E-state index contributed by atoms with van der Waals surface area (Å²) in [4.78, 5) is 8.44. The zero-order valence-corrected chi connectivity index (χ0v) is 11.9. The molecule has 0 fully saturated rings. The first kappa shape index (κ1) is 13.1. The van der Waals surface area contributed by atoms with Crippen molar-refractivity contribution in [2.45, 2.75) is 33.2 Å². The van der Waals surface area contributed by atoms with Crippen molar-refractivity contribution in [3.8, 4) is 0 Å². The van der Waals surface area contributed by atoms with E-state index in [-0.39, 0.29) is 0 Å². The Balaban J connectivity index is 2.08. The summed E-state index contributed by atoms with van der Waals surface area (Å²) in [5.74, 6) is 3.96. The van der Waals surface area contributed by atoms with Crippen LogP contribution in [0.1, 0.15) is 26.0 Å². The molecule has 1 atom stereocenters. The molecule has 0 amide bonds. The third kappa shape index (κ3) is 3.13. The Morgan fingerprint density at radius 3 is 3.11 bits per heavy atom. The van der Waals surface area contributed by atoms with Crippen LogP contribution < -0.4 is 5.32 Å². The van der Waals surface area contributed by atoms with Crippen LogP contribution in [0.2, 0.25) is 0 Å². The van der Waals surface area contributed by atoms with Gasteiger partial charge in [-0.3, -0.25) is 0 Å². The molecule has 0 aromatic carbocycles. The van der Waals surface area contributed by atoms with Crippen molar-refractivity contribution in [2.24, 2.45) is 0 Å². The Morgan fingerprint density at radius 2 is 2.33 bits per heavy atom. The molecule has 18 heavy (non-hydrogen) atoms. The fraction of sp³-hybridized carbons (Fsp3) is 0.583. The molecule has 2 aromatic heterocycles. The summed E-state index contributed by atoms with van der Waals surface area (Å²) in [7, 11) is 0. The van der Waals surface area contributed by atoms with Gasteiger partial charge in [-0.1, -0.05) is 6.92 Å². The molecule has 0 aliphatic carbocycles. The molecule has 1 N–H and O–H groups in total. The summed E-state index contributed by atoms with van der Waals surface area (Å²) in [6.07, 6.45) is 2.67. The topological polar surface area (TPSA) is 55.1 Å². The van der Waals surface area contributed by atoms with E-state index in [1.807, 2.05) is 24.8 Å². The van der Waals surface area contributed by atoms with Gasteiger partial charge in [0.2, 0.25) is 0 Å². The number of nitrogens with one attached hydrogen (secondary N) is 1. The molecule has 2 aromatic rings. The lowest BCUT2D eigenvalue weighted by molar-refractivity contribution is 0.754. The van der Waals surface area contributed by atoms with E-state index in [0.717, 1.165) is 17.9 Å². The fourth-order valence-electron chi connectivity index (χ4n) is 1.76. The monoisotopic (exact) mass is 265 g/mol. The number of anilines is 1. The molecule has 1 unspecified atom stereocenters. The van der Waals surface area contributed by atoms with Gasteiger partial charge in [0.1, 0.15) is 12.1 Å². The Morgan fingerprint density at radius 1 is 1.50 bits per heavy atom. The summed E-state index contributed by atoms with van der Waals surface area (Å²) in [5, 5.41) is 7.66. The second-order valence-corrected chi connectivity index (χ2v) is 5.68. The smallest absolute Gasteiger partial charge is 0.254 e. The van der Waals surface area contributed by atoms with Gasteiger partial charge in [-0.05, 0) is 31.8 Å². The second-order valence-electron chi connectivity index (χ2n) is 4.29. The van der Waals surface area contributed by atoms with Crippen molar-refractivity contribution < 1.29 is 0 Å². The van der Waals surface area contributed by atoms with Crippen LogP contribution in [0.4, 0.5) is 5.82 Å². The zero-order chi connectivity index (χ0) is 13.0. The molecule has 98 valence electrons. The number of aromatic nitrogens is 4. The normalized spacial score (nSPS) is 12.8. The second kappa shape index (κ2) is 6.04. The molecular weight excluding hydrogens is 246 g/mol. The van der Waals surface area contributed by atoms with Gasteiger partial charge >= 0.3 is 0 Å². The number of fused-ring (bicyclic) bond motifs is 1. The minimum absolute atomic E-state index is 0.415. The van der Waals surface area contributed by atoms with Crippen LogP contribution in [0.25, 0.3) is 5.78 Å². The van der Waals surface area contributed by atoms with E-state index >= 15 is 0 Å². The number of nitrogens with zero attached hydrogens (tertiary/aromatic N) is 4. The van der Waals surface area contributed by atoms with E-state index in [2.05, 4.69) is 34.2 Å². The maximum absolute atomic E-state index is 4.32. The van der Waals surface area contributed by atoms with Crippen LogP contribution in [0.3, 0.4) is 0 Å². The van der Waals surface area contributed by atoms with E-state index in [1.54, 1.807) is 4.52 Å². The van der Waals surface area contributed by atoms with Crippen LogP contribution in [0, 0.1) is 6.92 Å². The molecule has 0 radical (unpaired) electrons. The quantitative estimate of drug-likeness (QED) is 0.813. The van der Waals surface area contributed by atoms with Gasteiger partial charge in [0.15, 0.2) is 0 Å². The summed E-state index contributed by atoms with van der Waals surface area (Å²) in [6, 6.07) is 2.42. The molecule has 0 saturated heterocycles. The predicted molar refractivity (Wildman–Crippen MR) is 76.2 cm³/mol. The van der Waals surface area contributed by atoms with Crippen molar-refractivity contribution >= 4 is 23.4 Å². The van der Waals surface area contributed by atoms with Crippen molar-refractivity contribution in [3.63, 3.8) is 0 Å². The van der Waals surface area contributed by atoms with E-state index in [0.29, 0.717) is 11.8 Å². The summed E-state index contributed by atoms with van der Waals surface area (Å²) >= 11 is 1.97. The van der Waals surface area contributed by atoms with Crippen molar-refractivity contribution in [1.29, 1.82) is 0 Å². The van der Waals surface area contributed by atoms with Crippen LogP contribution in [0.5, 0.6) is 0 Å². The highest BCUT2D eigenvalue weighted by molar-refractivity contribution is 7.99. The average molecular weight is 265 g/mol. The molecule has 5 nitrogen and oxygen atoms in total. The van der Waals surface area contributed by atoms with E-state index < -0.39 is 0 Å². The number of rotatable bonds is 6. The Labute approximate surface area is 111 Å². The molecular formula is C12H19N5S. The van der Waals surface area contributed by atoms with Crippen LogP contribution in [0.15, 0.2) is 12.4 Å². The van der Waals surface area contributed by atoms with E-state index in [4.69, 9.17) is 0 Å². The van der Waals surface area contributed by atoms with Gasteiger partial charge in [-0.15, -0.1) is 0 Å². The third-order valence-electron chi connectivity index (χ3n) is 2.67. The number of thioether (sulfide) groups is 1. The minimum Gasteiger partial charge on any atom is -0.367 e. The van der Waals surface area contributed by atoms with Crippen LogP contribution in [-0.4, -0.2) is 37.1 Å². The van der Waals surface area contributed by atoms with E-state index in [9.17, 15) is 0 Å². The first-order chi connectivity index (χ1) is 8.70. The first-order valence-corrected chi connectivity index (χ1v) is 7.38. The maximum atomic E-state index is 4.32. The van der Waals surface area contributed by atoms with E-state index in [1.165, 1.54) is 17.8 Å². The SMILES string of the molecule is CCSCCC(C)Nc1cc(C)nc2ncnn12. The van der Waals surface area contributed by atoms with Crippen molar-refractivity contribution in [1.82, 2.24) is 19.6 Å². The highest BCUT2D eigenvalue weighted by Gasteiger charge is 2.08. The standard InChI is InChI=1S/C12H19N5S/c1-4-18-6-5-9(2)15-11-7-10(3)16-12-13-8-14-17(11)12/h7-9,15H,4-6H2,1-3H3. The predicted octanol–water partition coefficient (Wildman–Crippen LogP) is 2.38.